The number of likely N-dealkylation sites (tertiary alicyclic amines) is 1. The van der Waals surface area contributed by atoms with E-state index in [1.54, 1.807) is 17.1 Å². The van der Waals surface area contributed by atoms with E-state index in [4.69, 9.17) is 9.47 Å². The third kappa shape index (κ3) is 6.85. The Morgan fingerprint density at radius 3 is 2.57 bits per heavy atom. The first kappa shape index (κ1) is 36.5. The van der Waals surface area contributed by atoms with Gasteiger partial charge in [-0.25, -0.2) is 0 Å². The van der Waals surface area contributed by atoms with Crippen LogP contribution in [0.25, 0.3) is 0 Å². The van der Waals surface area contributed by atoms with Gasteiger partial charge in [0, 0.05) is 23.5 Å². The van der Waals surface area contributed by atoms with Gasteiger partial charge in [0.1, 0.15) is 18.2 Å². The second-order valence-corrected chi connectivity index (χ2v) is 14.3. The zero-order chi connectivity index (χ0) is 35.5. The van der Waals surface area contributed by atoms with E-state index >= 15 is 0 Å². The minimum atomic E-state index is -1.33. The van der Waals surface area contributed by atoms with E-state index in [2.05, 4.69) is 34.4 Å². The predicted octanol–water partition coefficient (Wildman–Crippen LogP) is 4.71. The second kappa shape index (κ2) is 15.4. The molecule has 262 valence electrons. The summed E-state index contributed by atoms with van der Waals surface area (Å²) in [5, 5.41) is 13.5. The van der Waals surface area contributed by atoms with Crippen LogP contribution in [0.1, 0.15) is 55.3 Å². The molecule has 8 atom stereocenters. The molecule has 2 aromatic rings. The number of carbonyl (C=O) groups excluding carboxylic acids is 4. The zero-order valence-corrected chi connectivity index (χ0v) is 29.9. The minimum absolute atomic E-state index is 0.104. The van der Waals surface area contributed by atoms with Gasteiger partial charge < -0.3 is 29.7 Å². The van der Waals surface area contributed by atoms with E-state index in [-0.39, 0.29) is 36.9 Å². The fraction of sp³-hybridized carbons (Fsp3) is 0.474. The van der Waals surface area contributed by atoms with Gasteiger partial charge in [-0.2, -0.15) is 0 Å². The Morgan fingerprint density at radius 1 is 1.18 bits per heavy atom. The molecule has 10 nitrogen and oxygen atoms in total. The number of alkyl halides is 1. The average molecular weight is 737 g/mol. The standard InChI is InChI=1S/C38H46BrN3O7/c1-6-9-15-30(44)48-22-28(25-13-11-10-12-14-25)40-35(45)31-32-36(46)42(26(8-3)21-43)34(38(32)20-27(39)33(31)49-38)37(47)41(18-7-2)29-19-23(4)16-17-24(29)5/h6-7,10-14,16-17,19,26-28,31-34,43H,1-2,8-9,15,18,20-22H2,3-5H3,(H,40,45)/t26-,27?,28-,31+,32-,33+,34+,38-/m0/s1. The number of allylic oxidation sites excluding steroid dienone is 1. The Labute approximate surface area is 296 Å². The van der Waals surface area contributed by atoms with Gasteiger partial charge in [-0.1, -0.05) is 77.5 Å². The SMILES string of the molecule is C=CCCC(=O)OC[C@H](NC(=O)[C@H]1[C@@H]2O[C@@]3(CC2Br)[C@@H]1C(=O)N([C@@H](CC)CO)[C@@H]3C(=O)N(CC=C)c1cc(C)ccc1C)c1ccccc1. The summed E-state index contributed by atoms with van der Waals surface area (Å²) in [7, 11) is 0. The van der Waals surface area contributed by atoms with Gasteiger partial charge in [0.2, 0.25) is 11.8 Å². The van der Waals surface area contributed by atoms with Gasteiger partial charge in [0.05, 0.1) is 36.6 Å². The van der Waals surface area contributed by atoms with Crippen molar-refractivity contribution >= 4 is 45.3 Å². The molecule has 0 aromatic heterocycles. The summed E-state index contributed by atoms with van der Waals surface area (Å²) >= 11 is 3.74. The molecule has 3 amide bonds. The van der Waals surface area contributed by atoms with Crippen LogP contribution >= 0.6 is 15.9 Å². The van der Waals surface area contributed by atoms with E-state index in [1.807, 2.05) is 69.3 Å². The number of fused-ring (bicyclic) bond motifs is 1. The van der Waals surface area contributed by atoms with Crippen LogP contribution in [0.4, 0.5) is 5.69 Å². The number of nitrogens with one attached hydrogen (secondary N) is 1. The largest absolute Gasteiger partial charge is 0.463 e. The average Bonchev–Trinajstić information content (AvgIpc) is 3.69. The lowest BCUT2D eigenvalue weighted by Gasteiger charge is -2.39. The molecule has 2 aromatic carbocycles. The molecule has 2 N–H and O–H groups in total. The van der Waals surface area contributed by atoms with Crippen molar-refractivity contribution in [3.8, 4) is 0 Å². The molecule has 2 bridgehead atoms. The highest BCUT2D eigenvalue weighted by atomic mass is 79.9. The first-order chi connectivity index (χ1) is 23.5. The molecular formula is C38H46BrN3O7. The topological polar surface area (TPSA) is 125 Å². The summed E-state index contributed by atoms with van der Waals surface area (Å²) < 4.78 is 12.3. The van der Waals surface area contributed by atoms with E-state index in [1.165, 1.54) is 4.90 Å². The fourth-order valence-corrected chi connectivity index (χ4v) is 8.63. The Hall–Kier alpha value is -3.80. The molecule has 3 saturated heterocycles. The maximum absolute atomic E-state index is 14.9. The molecule has 1 unspecified atom stereocenters. The Balaban J connectivity index is 1.52. The summed E-state index contributed by atoms with van der Waals surface area (Å²) in [6.45, 7) is 13.0. The van der Waals surface area contributed by atoms with Crippen LogP contribution in [0.15, 0.2) is 73.8 Å². The number of ether oxygens (including phenoxy) is 2. The van der Waals surface area contributed by atoms with Crippen molar-refractivity contribution in [1.82, 2.24) is 10.2 Å². The third-order valence-corrected chi connectivity index (χ3v) is 10.9. The van der Waals surface area contributed by atoms with Crippen LogP contribution in [0.5, 0.6) is 0 Å². The fourth-order valence-electron chi connectivity index (χ4n) is 7.69. The monoisotopic (exact) mass is 735 g/mol. The zero-order valence-electron chi connectivity index (χ0n) is 28.3. The number of hydrogen-bond acceptors (Lipinski definition) is 7. The Bertz CT molecular complexity index is 1580. The summed E-state index contributed by atoms with van der Waals surface area (Å²) in [5.74, 6) is -3.52. The van der Waals surface area contributed by atoms with Crippen molar-refractivity contribution in [2.75, 3.05) is 24.7 Å². The molecule has 11 heteroatoms. The van der Waals surface area contributed by atoms with Crippen molar-refractivity contribution in [2.24, 2.45) is 11.8 Å². The van der Waals surface area contributed by atoms with Crippen LogP contribution < -0.4 is 10.2 Å². The number of aliphatic hydroxyl groups is 1. The highest BCUT2D eigenvalue weighted by Crippen LogP contribution is 2.60. The number of esters is 1. The molecule has 5 rings (SSSR count). The maximum Gasteiger partial charge on any atom is 0.306 e. The molecule has 0 saturated carbocycles. The van der Waals surface area contributed by atoms with Crippen LogP contribution in [0, 0.1) is 25.7 Å². The lowest BCUT2D eigenvalue weighted by molar-refractivity contribution is -0.146. The van der Waals surface area contributed by atoms with Crippen molar-refractivity contribution in [3.05, 3.63) is 90.5 Å². The number of halogens is 1. The molecule has 1 spiro atoms. The summed E-state index contributed by atoms with van der Waals surface area (Å²) in [6.07, 6.45) is 3.94. The van der Waals surface area contributed by atoms with Gasteiger partial charge in [0.15, 0.2) is 0 Å². The van der Waals surface area contributed by atoms with Gasteiger partial charge in [-0.15, -0.1) is 13.2 Å². The van der Waals surface area contributed by atoms with Gasteiger partial charge in [-0.3, -0.25) is 19.2 Å². The Kier molecular flexibility index (Phi) is 11.5. The molecular weight excluding hydrogens is 690 g/mol. The van der Waals surface area contributed by atoms with Crippen molar-refractivity contribution < 1.29 is 33.8 Å². The normalized spacial score (nSPS) is 26.5. The number of carbonyl (C=O) groups is 4. The maximum atomic E-state index is 14.9. The summed E-state index contributed by atoms with van der Waals surface area (Å²) in [5.41, 5.74) is 1.95. The molecule has 3 aliphatic heterocycles. The number of hydrogen-bond donors (Lipinski definition) is 2. The summed E-state index contributed by atoms with van der Waals surface area (Å²) in [6, 6.07) is 12.6. The smallest absolute Gasteiger partial charge is 0.306 e. The van der Waals surface area contributed by atoms with E-state index < -0.39 is 59.5 Å². The quantitative estimate of drug-likeness (QED) is 0.154. The van der Waals surface area contributed by atoms with Crippen molar-refractivity contribution in [1.29, 1.82) is 0 Å². The van der Waals surface area contributed by atoms with Crippen LogP contribution in [-0.2, 0) is 28.7 Å². The van der Waals surface area contributed by atoms with Crippen LogP contribution in [0.2, 0.25) is 0 Å². The highest BCUT2D eigenvalue weighted by molar-refractivity contribution is 9.09. The number of aliphatic hydroxyl groups excluding tert-OH is 1. The molecule has 3 aliphatic rings. The lowest BCUT2D eigenvalue weighted by Crippen LogP contribution is -2.59. The van der Waals surface area contributed by atoms with Crippen molar-refractivity contribution in [2.45, 2.75) is 81.1 Å². The second-order valence-electron chi connectivity index (χ2n) is 13.2. The lowest BCUT2D eigenvalue weighted by atomic mass is 9.70. The number of nitrogens with zero attached hydrogens (tertiary/aromatic N) is 2. The van der Waals surface area contributed by atoms with E-state index in [0.717, 1.165) is 16.7 Å². The summed E-state index contributed by atoms with van der Waals surface area (Å²) in [4.78, 5) is 59.2. The number of anilines is 1. The van der Waals surface area contributed by atoms with Gasteiger partial charge in [-0.05, 0) is 55.9 Å². The molecule has 3 heterocycles. The third-order valence-electron chi connectivity index (χ3n) is 10.1. The predicted molar refractivity (Wildman–Crippen MR) is 190 cm³/mol. The molecule has 0 aliphatic carbocycles. The molecule has 0 radical (unpaired) electrons. The van der Waals surface area contributed by atoms with Gasteiger partial charge >= 0.3 is 5.97 Å². The van der Waals surface area contributed by atoms with E-state index in [9.17, 15) is 24.3 Å². The van der Waals surface area contributed by atoms with E-state index in [0.29, 0.717) is 24.9 Å². The first-order valence-corrected chi connectivity index (χ1v) is 17.8. The molecule has 49 heavy (non-hydrogen) atoms. The highest BCUT2D eigenvalue weighted by Gasteiger charge is 2.77. The number of rotatable bonds is 15. The van der Waals surface area contributed by atoms with Crippen molar-refractivity contribution in [3.63, 3.8) is 0 Å². The minimum Gasteiger partial charge on any atom is -0.463 e. The molecule has 3 fully saturated rings. The number of amides is 3. The Morgan fingerprint density at radius 2 is 1.92 bits per heavy atom. The first-order valence-electron chi connectivity index (χ1n) is 16.9. The van der Waals surface area contributed by atoms with Crippen LogP contribution in [-0.4, -0.2) is 82.1 Å². The van der Waals surface area contributed by atoms with Gasteiger partial charge in [0.25, 0.3) is 5.91 Å². The number of aryl methyl sites for hydroxylation is 2. The van der Waals surface area contributed by atoms with Crippen LogP contribution in [0.3, 0.4) is 0 Å². The number of benzene rings is 2.